The highest BCUT2D eigenvalue weighted by molar-refractivity contribution is 7.90. The normalized spacial score (nSPS) is 12.4. The largest absolute Gasteiger partial charge is 0.402 e. The number of aryl methyl sites for hydroxylation is 1. The van der Waals surface area contributed by atoms with E-state index >= 15 is 0 Å². The van der Waals surface area contributed by atoms with Gasteiger partial charge in [0, 0.05) is 0 Å². The van der Waals surface area contributed by atoms with Crippen molar-refractivity contribution in [1.29, 1.82) is 0 Å². The van der Waals surface area contributed by atoms with Crippen molar-refractivity contribution in [3.8, 4) is 0 Å². The first-order valence-electron chi connectivity index (χ1n) is 4.65. The van der Waals surface area contributed by atoms with Crippen molar-refractivity contribution >= 4 is 21.7 Å². The molecule has 18 heavy (non-hydrogen) atoms. The number of rotatable bonds is 4. The van der Waals surface area contributed by atoms with Gasteiger partial charge in [-0.15, -0.1) is 0 Å². The summed E-state index contributed by atoms with van der Waals surface area (Å²) in [6.45, 7) is -0.0474. The summed E-state index contributed by atoms with van der Waals surface area (Å²) in [7, 11) is -4.32. The number of hydrogen-bond donors (Lipinski definition) is 3. The first-order valence-corrected chi connectivity index (χ1v) is 6.14. The maximum absolute atomic E-state index is 11.9. The molecule has 1 aromatic rings. The van der Waals surface area contributed by atoms with E-state index < -0.39 is 22.9 Å². The predicted octanol–water partition coefficient (Wildman–Crippen LogP) is 0.781. The molecule has 1 heterocycles. The number of nitrogens with one attached hydrogen (secondary N) is 2. The molecule has 6 nitrogen and oxygen atoms in total. The molecule has 0 aromatic carbocycles. The standard InChI is InChI=1S/C8H11F3N4O2S/c1-5-2-7(13-3-6(5)12)15-18(16,17)14-4-8(9,10)11/h2-3,14H,4,12H2,1H3,(H,13,15). The van der Waals surface area contributed by atoms with Crippen LogP contribution in [0.4, 0.5) is 24.7 Å². The highest BCUT2D eigenvalue weighted by Crippen LogP contribution is 2.15. The van der Waals surface area contributed by atoms with Crippen molar-refractivity contribution in [3.05, 3.63) is 17.8 Å². The number of nitrogens with zero attached hydrogens (tertiary/aromatic N) is 1. The molecule has 0 aliphatic carbocycles. The topological polar surface area (TPSA) is 97.1 Å². The number of alkyl halides is 3. The SMILES string of the molecule is Cc1cc(NS(=O)(=O)NCC(F)(F)F)ncc1N. The fourth-order valence-electron chi connectivity index (χ4n) is 0.973. The van der Waals surface area contributed by atoms with Gasteiger partial charge in [0.2, 0.25) is 0 Å². The Morgan fingerprint density at radius 1 is 1.44 bits per heavy atom. The van der Waals surface area contributed by atoms with E-state index in [4.69, 9.17) is 5.73 Å². The van der Waals surface area contributed by atoms with Gasteiger partial charge in [0.25, 0.3) is 0 Å². The van der Waals surface area contributed by atoms with E-state index in [0.717, 1.165) is 0 Å². The van der Waals surface area contributed by atoms with Gasteiger partial charge in [0.15, 0.2) is 0 Å². The molecule has 1 aromatic heterocycles. The molecule has 0 saturated heterocycles. The molecule has 1 rings (SSSR count). The lowest BCUT2D eigenvalue weighted by Gasteiger charge is -2.11. The van der Waals surface area contributed by atoms with Gasteiger partial charge in [-0.05, 0) is 18.6 Å². The van der Waals surface area contributed by atoms with Gasteiger partial charge >= 0.3 is 16.4 Å². The zero-order valence-corrected chi connectivity index (χ0v) is 10.1. The number of aromatic nitrogens is 1. The number of nitrogen functional groups attached to an aromatic ring is 1. The summed E-state index contributed by atoms with van der Waals surface area (Å²) < 4.78 is 61.3. The maximum atomic E-state index is 11.9. The van der Waals surface area contributed by atoms with Gasteiger partial charge in [0.1, 0.15) is 12.4 Å². The Bertz CT molecular complexity index is 530. The Kier molecular flexibility index (Phi) is 4.02. The minimum atomic E-state index is -4.63. The predicted molar refractivity (Wildman–Crippen MR) is 60.0 cm³/mol. The van der Waals surface area contributed by atoms with Crippen molar-refractivity contribution in [2.45, 2.75) is 13.1 Å². The van der Waals surface area contributed by atoms with Crippen LogP contribution in [0.1, 0.15) is 5.56 Å². The lowest BCUT2D eigenvalue weighted by molar-refractivity contribution is -0.121. The van der Waals surface area contributed by atoms with Crippen molar-refractivity contribution in [2.75, 3.05) is 17.0 Å². The molecule has 4 N–H and O–H groups in total. The molecule has 10 heteroatoms. The third-order valence-electron chi connectivity index (χ3n) is 1.85. The zero-order chi connectivity index (χ0) is 14.0. The Labute approximate surface area is 102 Å². The van der Waals surface area contributed by atoms with Crippen LogP contribution in [-0.4, -0.2) is 26.1 Å². The number of halogens is 3. The first-order chi connectivity index (χ1) is 8.09. The smallest absolute Gasteiger partial charge is 0.397 e. The minimum absolute atomic E-state index is 0.114. The highest BCUT2D eigenvalue weighted by Gasteiger charge is 2.29. The van der Waals surface area contributed by atoms with Gasteiger partial charge in [0.05, 0.1) is 11.9 Å². The molecule has 0 aliphatic heterocycles. The number of anilines is 2. The molecule has 0 fully saturated rings. The fraction of sp³-hybridized carbons (Fsp3) is 0.375. The first kappa shape index (κ1) is 14.5. The Hall–Kier alpha value is -1.55. The molecule has 0 amide bonds. The molecule has 0 unspecified atom stereocenters. The molecule has 0 saturated carbocycles. The highest BCUT2D eigenvalue weighted by atomic mass is 32.2. The average molecular weight is 284 g/mol. The molecule has 0 spiro atoms. The summed E-state index contributed by atoms with van der Waals surface area (Å²) in [6, 6.07) is 1.31. The van der Waals surface area contributed by atoms with Crippen LogP contribution >= 0.6 is 0 Å². The van der Waals surface area contributed by atoms with E-state index in [1.54, 1.807) is 6.92 Å². The van der Waals surface area contributed by atoms with Gasteiger partial charge in [-0.1, -0.05) is 0 Å². The van der Waals surface area contributed by atoms with Crippen LogP contribution in [0.25, 0.3) is 0 Å². The summed E-state index contributed by atoms with van der Waals surface area (Å²) in [5, 5.41) is 0. The van der Waals surface area contributed by atoms with Gasteiger partial charge in [-0.3, -0.25) is 4.72 Å². The molecule has 0 aliphatic rings. The summed E-state index contributed by atoms with van der Waals surface area (Å²) >= 11 is 0. The second kappa shape index (κ2) is 4.98. The second-order valence-electron chi connectivity index (χ2n) is 3.47. The Balaban J connectivity index is 2.74. The Morgan fingerprint density at radius 2 is 2.06 bits per heavy atom. The molecular weight excluding hydrogens is 273 g/mol. The van der Waals surface area contributed by atoms with Crippen LogP contribution in [0, 0.1) is 6.92 Å². The van der Waals surface area contributed by atoms with E-state index in [1.807, 2.05) is 4.72 Å². The summed E-state index contributed by atoms with van der Waals surface area (Å²) in [4.78, 5) is 3.63. The number of nitrogens with two attached hydrogens (primary N) is 1. The van der Waals surface area contributed by atoms with Crippen LogP contribution in [0.15, 0.2) is 12.3 Å². The lowest BCUT2D eigenvalue weighted by atomic mass is 10.2. The fourth-order valence-corrected chi connectivity index (χ4v) is 1.79. The average Bonchev–Trinajstić information content (AvgIpc) is 2.20. The lowest BCUT2D eigenvalue weighted by Crippen LogP contribution is -2.37. The van der Waals surface area contributed by atoms with E-state index in [1.165, 1.54) is 17.0 Å². The van der Waals surface area contributed by atoms with Crippen molar-refractivity contribution in [2.24, 2.45) is 0 Å². The molecular formula is C8H11F3N4O2S. The minimum Gasteiger partial charge on any atom is -0.397 e. The molecule has 0 atom stereocenters. The van der Waals surface area contributed by atoms with Crippen LogP contribution in [-0.2, 0) is 10.2 Å². The third-order valence-corrected chi connectivity index (χ3v) is 2.86. The number of hydrogen-bond acceptors (Lipinski definition) is 4. The van der Waals surface area contributed by atoms with E-state index in [9.17, 15) is 21.6 Å². The summed E-state index contributed by atoms with van der Waals surface area (Å²) in [5.74, 6) is -0.114. The van der Waals surface area contributed by atoms with Gasteiger partial charge in [-0.2, -0.15) is 26.3 Å². The molecule has 0 radical (unpaired) electrons. The van der Waals surface area contributed by atoms with E-state index in [2.05, 4.69) is 4.98 Å². The Morgan fingerprint density at radius 3 is 2.56 bits per heavy atom. The van der Waals surface area contributed by atoms with Crippen LogP contribution in [0.5, 0.6) is 0 Å². The van der Waals surface area contributed by atoms with Crippen molar-refractivity contribution < 1.29 is 21.6 Å². The quantitative estimate of drug-likeness (QED) is 0.761. The van der Waals surface area contributed by atoms with Gasteiger partial charge < -0.3 is 5.73 Å². The van der Waals surface area contributed by atoms with Crippen LogP contribution < -0.4 is 15.2 Å². The summed E-state index contributed by atoms with van der Waals surface area (Å²) in [6.07, 6.45) is -3.42. The monoisotopic (exact) mass is 284 g/mol. The summed E-state index contributed by atoms with van der Waals surface area (Å²) in [5.41, 5.74) is 6.37. The van der Waals surface area contributed by atoms with Crippen LogP contribution in [0.3, 0.4) is 0 Å². The van der Waals surface area contributed by atoms with E-state index in [-0.39, 0.29) is 5.82 Å². The van der Waals surface area contributed by atoms with E-state index in [0.29, 0.717) is 11.3 Å². The molecule has 0 bridgehead atoms. The molecule has 102 valence electrons. The van der Waals surface area contributed by atoms with Crippen molar-refractivity contribution in [1.82, 2.24) is 9.71 Å². The van der Waals surface area contributed by atoms with Crippen LogP contribution in [0.2, 0.25) is 0 Å². The maximum Gasteiger partial charge on any atom is 0.402 e. The third kappa shape index (κ3) is 4.75. The van der Waals surface area contributed by atoms with Gasteiger partial charge in [-0.25, -0.2) is 4.98 Å². The second-order valence-corrected chi connectivity index (χ2v) is 4.97. The number of pyridine rings is 1. The van der Waals surface area contributed by atoms with Crippen molar-refractivity contribution in [3.63, 3.8) is 0 Å². The zero-order valence-electron chi connectivity index (χ0n) is 9.25.